The number of hydrogen-bond donors (Lipinski definition) is 0. The van der Waals surface area contributed by atoms with Gasteiger partial charge in [-0.15, -0.1) is 0 Å². The molecule has 0 spiro atoms. The van der Waals surface area contributed by atoms with Gasteiger partial charge in [0.1, 0.15) is 6.61 Å². The van der Waals surface area contributed by atoms with Gasteiger partial charge in [-0.05, 0) is 16.6 Å². The summed E-state index contributed by atoms with van der Waals surface area (Å²) in [6.07, 6.45) is -0.462. The molecule has 1 unspecified atom stereocenters. The van der Waals surface area contributed by atoms with Gasteiger partial charge in [0.25, 0.3) is 0 Å². The van der Waals surface area contributed by atoms with Crippen LogP contribution in [0.2, 0.25) is 0 Å². The van der Waals surface area contributed by atoms with Crippen LogP contribution in [0.4, 0.5) is 4.79 Å². The number of carbonyl (C=O) groups excluding carboxylic acids is 1. The van der Waals surface area contributed by atoms with Crippen molar-refractivity contribution in [3.05, 3.63) is 35.9 Å². The summed E-state index contributed by atoms with van der Waals surface area (Å²) in [4.78, 5) is 12.8. The Labute approximate surface area is 130 Å². The molecular formula is C11H12NNaO4S. The van der Waals surface area contributed by atoms with Crippen molar-refractivity contribution in [3.8, 4) is 0 Å². The molecule has 1 aromatic carbocycles. The van der Waals surface area contributed by atoms with Crippen LogP contribution < -0.4 is 29.6 Å². The number of carbonyl (C=O) groups is 1. The zero-order valence-electron chi connectivity index (χ0n) is 10.1. The summed E-state index contributed by atoms with van der Waals surface area (Å²) in [6.45, 7) is 0.661. The van der Waals surface area contributed by atoms with Crippen LogP contribution in [-0.4, -0.2) is 38.1 Å². The summed E-state index contributed by atoms with van der Waals surface area (Å²) in [5.41, 5.74) is 0.908. The second-order valence-corrected chi connectivity index (χ2v) is 5.02. The third-order valence-corrected chi connectivity index (χ3v) is 3.43. The van der Waals surface area contributed by atoms with Crippen LogP contribution in [0.5, 0.6) is 0 Å². The van der Waals surface area contributed by atoms with Gasteiger partial charge in [0.05, 0.1) is 5.25 Å². The van der Waals surface area contributed by atoms with E-state index in [9.17, 15) is 13.6 Å². The van der Waals surface area contributed by atoms with E-state index < -0.39 is 22.4 Å². The van der Waals surface area contributed by atoms with Crippen LogP contribution in [0, 0.1) is 0 Å². The van der Waals surface area contributed by atoms with E-state index in [0.29, 0.717) is 0 Å². The molecule has 0 aliphatic carbocycles. The summed E-state index contributed by atoms with van der Waals surface area (Å²) < 4.78 is 26.1. The zero-order valence-corrected chi connectivity index (χ0v) is 12.9. The van der Waals surface area contributed by atoms with E-state index in [2.05, 4.69) is 0 Å². The Hall–Kier alpha value is -0.400. The minimum absolute atomic E-state index is 0. The number of rotatable bonds is 3. The Balaban J connectivity index is 0.00000162. The normalized spacial score (nSPS) is 16.4. The average Bonchev–Trinajstić information content (AvgIpc) is 2.25. The largest absolute Gasteiger partial charge is 1.00 e. The van der Waals surface area contributed by atoms with E-state index in [1.54, 1.807) is 0 Å². The second-order valence-electron chi connectivity index (χ2n) is 3.83. The van der Waals surface area contributed by atoms with Gasteiger partial charge in [0.15, 0.2) is 0 Å². The standard InChI is InChI=1S/C11H13NO4S.Na/c13-11(12-6-10(7-12)17(14)15)16-8-9-4-2-1-3-5-9;/h1-5,10H,6-8H2,(H,14,15);/q;+1/p-1. The average molecular weight is 277 g/mol. The van der Waals surface area contributed by atoms with Crippen molar-refractivity contribution in [2.24, 2.45) is 0 Å². The van der Waals surface area contributed by atoms with Crippen molar-refractivity contribution in [2.45, 2.75) is 11.9 Å². The molecule has 1 atom stereocenters. The first-order chi connectivity index (χ1) is 8.16. The van der Waals surface area contributed by atoms with Crippen LogP contribution in [0.15, 0.2) is 30.3 Å². The quantitative estimate of drug-likeness (QED) is 0.468. The van der Waals surface area contributed by atoms with Crippen molar-refractivity contribution in [3.63, 3.8) is 0 Å². The molecule has 0 saturated carbocycles. The Morgan fingerprint density at radius 1 is 1.39 bits per heavy atom. The molecule has 1 amide bonds. The smallest absolute Gasteiger partial charge is 0.772 e. The molecule has 1 aliphatic rings. The van der Waals surface area contributed by atoms with Crippen molar-refractivity contribution in [1.82, 2.24) is 4.90 Å². The third-order valence-electron chi connectivity index (χ3n) is 2.58. The minimum Gasteiger partial charge on any atom is -0.772 e. The number of nitrogens with zero attached hydrogens (tertiary/aromatic N) is 1. The van der Waals surface area contributed by atoms with Gasteiger partial charge in [0.2, 0.25) is 0 Å². The number of benzene rings is 1. The van der Waals surface area contributed by atoms with Crippen molar-refractivity contribution in [2.75, 3.05) is 13.1 Å². The monoisotopic (exact) mass is 277 g/mol. The van der Waals surface area contributed by atoms with Gasteiger partial charge in [0, 0.05) is 13.1 Å². The Kier molecular flexibility index (Phi) is 6.31. The SMILES string of the molecule is O=C(OCc1ccccc1)N1CC(S(=O)[O-])C1.[Na+]. The fourth-order valence-electron chi connectivity index (χ4n) is 1.52. The van der Waals surface area contributed by atoms with Gasteiger partial charge < -0.3 is 14.2 Å². The van der Waals surface area contributed by atoms with Gasteiger partial charge in [-0.1, -0.05) is 30.3 Å². The van der Waals surface area contributed by atoms with Gasteiger partial charge in [-0.2, -0.15) is 0 Å². The fraction of sp³-hybridized carbons (Fsp3) is 0.364. The molecular weight excluding hydrogens is 265 g/mol. The predicted octanol–water partition coefficient (Wildman–Crippen LogP) is -2.11. The first kappa shape index (κ1) is 15.7. The maximum Gasteiger partial charge on any atom is 1.00 e. The van der Waals surface area contributed by atoms with Crippen LogP contribution in [0.3, 0.4) is 0 Å². The molecule has 1 fully saturated rings. The summed E-state index contributed by atoms with van der Waals surface area (Å²) in [5, 5.41) is -0.445. The van der Waals surface area contributed by atoms with E-state index in [1.165, 1.54) is 4.90 Å². The molecule has 1 aromatic rings. The minimum atomic E-state index is -2.10. The topological polar surface area (TPSA) is 69.7 Å². The van der Waals surface area contributed by atoms with Crippen molar-refractivity contribution < 1.29 is 47.9 Å². The summed E-state index contributed by atoms with van der Waals surface area (Å²) in [5.74, 6) is 0. The van der Waals surface area contributed by atoms with E-state index in [0.717, 1.165) is 5.56 Å². The van der Waals surface area contributed by atoms with Crippen LogP contribution >= 0.6 is 0 Å². The van der Waals surface area contributed by atoms with E-state index >= 15 is 0 Å². The number of hydrogen-bond acceptors (Lipinski definition) is 4. The molecule has 1 saturated heterocycles. The molecule has 0 radical (unpaired) electrons. The molecule has 92 valence electrons. The maximum absolute atomic E-state index is 11.5. The van der Waals surface area contributed by atoms with Crippen LogP contribution in [-0.2, 0) is 22.4 Å². The zero-order chi connectivity index (χ0) is 12.3. The molecule has 2 rings (SSSR count). The number of ether oxygens (including phenoxy) is 1. The fourth-order valence-corrected chi connectivity index (χ4v) is 2.12. The molecule has 5 nitrogen and oxygen atoms in total. The molecule has 18 heavy (non-hydrogen) atoms. The number of amides is 1. The van der Waals surface area contributed by atoms with Crippen molar-refractivity contribution in [1.29, 1.82) is 0 Å². The predicted molar refractivity (Wildman–Crippen MR) is 60.9 cm³/mol. The summed E-state index contributed by atoms with van der Waals surface area (Å²) >= 11 is -2.10. The van der Waals surface area contributed by atoms with Crippen LogP contribution in [0.1, 0.15) is 5.56 Å². The van der Waals surface area contributed by atoms with Gasteiger partial charge in [-0.3, -0.25) is 4.21 Å². The molecule has 0 aromatic heterocycles. The maximum atomic E-state index is 11.5. The Morgan fingerprint density at radius 2 is 2.00 bits per heavy atom. The van der Waals surface area contributed by atoms with E-state index in [-0.39, 0.29) is 49.3 Å². The Bertz CT molecular complexity index is 422. The van der Waals surface area contributed by atoms with Crippen molar-refractivity contribution >= 4 is 17.2 Å². The Morgan fingerprint density at radius 3 is 2.56 bits per heavy atom. The van der Waals surface area contributed by atoms with E-state index in [1.807, 2.05) is 30.3 Å². The van der Waals surface area contributed by atoms with Gasteiger partial charge >= 0.3 is 35.7 Å². The molecule has 1 heterocycles. The number of likely N-dealkylation sites (tertiary alicyclic amines) is 1. The summed E-state index contributed by atoms with van der Waals surface area (Å²) in [6, 6.07) is 9.33. The summed E-state index contributed by atoms with van der Waals surface area (Å²) in [7, 11) is 0. The third kappa shape index (κ3) is 4.07. The second kappa shape index (κ2) is 7.25. The van der Waals surface area contributed by atoms with E-state index in [4.69, 9.17) is 4.74 Å². The molecule has 0 bridgehead atoms. The molecule has 0 N–H and O–H groups in total. The molecule has 7 heteroatoms. The first-order valence-corrected chi connectivity index (χ1v) is 6.34. The van der Waals surface area contributed by atoms with Gasteiger partial charge in [-0.25, -0.2) is 4.79 Å². The first-order valence-electron chi connectivity index (χ1n) is 5.20. The van der Waals surface area contributed by atoms with Crippen LogP contribution in [0.25, 0.3) is 0 Å². The molecule has 1 aliphatic heterocycles.